The van der Waals surface area contributed by atoms with Gasteiger partial charge in [-0.15, -0.1) is 0 Å². The second kappa shape index (κ2) is 6.73. The maximum atomic E-state index is 13.2. The number of amides is 1. The molecule has 1 saturated heterocycles. The van der Waals surface area contributed by atoms with Gasteiger partial charge in [-0.2, -0.15) is 5.26 Å². The Hall–Kier alpha value is -2.58. The first-order valence-electron chi connectivity index (χ1n) is 8.54. The molecule has 1 amide bonds. The van der Waals surface area contributed by atoms with Crippen molar-refractivity contribution in [3.8, 4) is 11.8 Å². The van der Waals surface area contributed by atoms with Crippen LogP contribution in [0, 0.1) is 25.2 Å². The van der Waals surface area contributed by atoms with Crippen molar-refractivity contribution in [3.63, 3.8) is 0 Å². The fourth-order valence-electron chi connectivity index (χ4n) is 3.51. The number of carbonyl (C=O) groups is 1. The highest BCUT2D eigenvalue weighted by Gasteiger charge is 2.30. The highest BCUT2D eigenvalue weighted by molar-refractivity contribution is 5.96. The number of nitrogens with zero attached hydrogens (tertiary/aromatic N) is 3. The van der Waals surface area contributed by atoms with Crippen LogP contribution in [0.1, 0.15) is 41.0 Å². The normalized spacial score (nSPS) is 20.4. The van der Waals surface area contributed by atoms with Crippen molar-refractivity contribution < 1.29 is 9.53 Å². The van der Waals surface area contributed by atoms with Crippen LogP contribution in [-0.2, 0) is 4.74 Å². The lowest BCUT2D eigenvalue weighted by Crippen LogP contribution is -2.48. The van der Waals surface area contributed by atoms with E-state index in [-0.39, 0.29) is 18.1 Å². The molecule has 25 heavy (non-hydrogen) atoms. The van der Waals surface area contributed by atoms with E-state index in [2.05, 4.69) is 12.1 Å². The van der Waals surface area contributed by atoms with E-state index >= 15 is 0 Å². The monoisotopic (exact) mass is 337 g/mol. The minimum absolute atomic E-state index is 0.0113. The van der Waals surface area contributed by atoms with Crippen LogP contribution in [-0.4, -0.2) is 40.7 Å². The van der Waals surface area contributed by atoms with Crippen LogP contribution in [0.3, 0.4) is 0 Å². The summed E-state index contributed by atoms with van der Waals surface area (Å²) in [6, 6.07) is 9.95. The molecule has 3 rings (SSSR count). The van der Waals surface area contributed by atoms with Gasteiger partial charge in [0, 0.05) is 25.0 Å². The van der Waals surface area contributed by atoms with E-state index in [1.165, 1.54) is 0 Å². The first-order chi connectivity index (χ1) is 11.9. The second-order valence-corrected chi connectivity index (χ2v) is 6.82. The third-order valence-electron chi connectivity index (χ3n) is 4.53. The van der Waals surface area contributed by atoms with Crippen molar-refractivity contribution in [1.29, 1.82) is 5.26 Å². The highest BCUT2D eigenvalue weighted by Crippen LogP contribution is 2.24. The number of carbonyl (C=O) groups excluding carboxylic acids is 1. The molecule has 5 nitrogen and oxygen atoms in total. The summed E-state index contributed by atoms with van der Waals surface area (Å²) in [6.07, 6.45) is 1.78. The summed E-state index contributed by atoms with van der Waals surface area (Å²) in [5.74, 6) is -0.122. The summed E-state index contributed by atoms with van der Waals surface area (Å²) in [7, 11) is 0. The van der Waals surface area contributed by atoms with Crippen molar-refractivity contribution >= 4 is 5.91 Å². The fourth-order valence-corrected chi connectivity index (χ4v) is 3.51. The zero-order valence-electron chi connectivity index (χ0n) is 15.1. The molecule has 1 aliphatic heterocycles. The Morgan fingerprint density at radius 3 is 2.48 bits per heavy atom. The Morgan fingerprint density at radius 1 is 1.20 bits per heavy atom. The summed E-state index contributed by atoms with van der Waals surface area (Å²) in [5, 5.41) is 9.48. The second-order valence-electron chi connectivity index (χ2n) is 6.82. The van der Waals surface area contributed by atoms with E-state index in [0.717, 1.165) is 16.8 Å². The number of aromatic nitrogens is 1. The lowest BCUT2D eigenvalue weighted by Gasteiger charge is -2.35. The van der Waals surface area contributed by atoms with Crippen LogP contribution < -0.4 is 0 Å². The number of ether oxygens (including phenoxy) is 1. The molecule has 0 radical (unpaired) electrons. The highest BCUT2D eigenvalue weighted by atomic mass is 16.5. The first-order valence-corrected chi connectivity index (χ1v) is 8.54. The van der Waals surface area contributed by atoms with Gasteiger partial charge in [0.25, 0.3) is 5.91 Å². The number of nitriles is 1. The van der Waals surface area contributed by atoms with E-state index < -0.39 is 0 Å². The fraction of sp³-hybridized carbons (Fsp3) is 0.400. The molecule has 1 fully saturated rings. The number of morpholine rings is 1. The predicted molar refractivity (Wildman–Crippen MR) is 95.9 cm³/mol. The van der Waals surface area contributed by atoms with Gasteiger partial charge in [-0.3, -0.25) is 4.79 Å². The predicted octanol–water partition coefficient (Wildman–Crippen LogP) is 3.22. The number of benzene rings is 1. The van der Waals surface area contributed by atoms with Gasteiger partial charge in [0.15, 0.2) is 0 Å². The Balaban J connectivity index is 2.05. The summed E-state index contributed by atoms with van der Waals surface area (Å²) in [4.78, 5) is 15.0. The quantitative estimate of drug-likeness (QED) is 0.845. The lowest BCUT2D eigenvalue weighted by molar-refractivity contribution is -0.0588. The van der Waals surface area contributed by atoms with Crippen LogP contribution in [0.5, 0.6) is 0 Å². The number of hydrogen-bond acceptors (Lipinski definition) is 3. The largest absolute Gasteiger partial charge is 0.372 e. The molecule has 1 aromatic heterocycles. The summed E-state index contributed by atoms with van der Waals surface area (Å²) in [5.41, 5.74) is 3.98. The van der Waals surface area contributed by atoms with Gasteiger partial charge in [0.05, 0.1) is 17.8 Å². The van der Waals surface area contributed by atoms with E-state index in [4.69, 9.17) is 4.74 Å². The van der Waals surface area contributed by atoms with E-state index in [9.17, 15) is 10.1 Å². The standard InChI is InChI=1S/C20H23N3O2/c1-13-5-6-18(14(2)9-13)23-8-7-17(10-21)19(23)20(24)22-11-15(3)25-16(4)12-22/h5-9,15-16H,11-12H2,1-4H3. The lowest BCUT2D eigenvalue weighted by atomic mass is 10.1. The maximum absolute atomic E-state index is 13.2. The zero-order valence-corrected chi connectivity index (χ0v) is 15.1. The third kappa shape index (κ3) is 3.31. The number of hydrogen-bond donors (Lipinski definition) is 0. The van der Waals surface area contributed by atoms with Crippen LogP contribution in [0.25, 0.3) is 5.69 Å². The van der Waals surface area contributed by atoms with Crippen LogP contribution >= 0.6 is 0 Å². The van der Waals surface area contributed by atoms with Crippen LogP contribution in [0.2, 0.25) is 0 Å². The van der Waals surface area contributed by atoms with Gasteiger partial charge in [-0.05, 0) is 45.4 Å². The molecule has 0 aliphatic carbocycles. The summed E-state index contributed by atoms with van der Waals surface area (Å²) >= 11 is 0. The van der Waals surface area contributed by atoms with Crippen molar-refractivity contribution in [1.82, 2.24) is 9.47 Å². The van der Waals surface area contributed by atoms with E-state index in [1.807, 2.05) is 44.4 Å². The molecule has 130 valence electrons. The molecule has 1 aliphatic rings. The smallest absolute Gasteiger partial charge is 0.272 e. The Labute approximate surface area is 148 Å². The zero-order chi connectivity index (χ0) is 18.1. The molecule has 2 heterocycles. The van der Waals surface area contributed by atoms with Gasteiger partial charge < -0.3 is 14.2 Å². The first kappa shape index (κ1) is 17.2. The summed E-state index contributed by atoms with van der Waals surface area (Å²) < 4.78 is 7.56. The maximum Gasteiger partial charge on any atom is 0.272 e. The minimum atomic E-state index is -0.122. The van der Waals surface area contributed by atoms with Gasteiger partial charge in [-0.1, -0.05) is 17.7 Å². The van der Waals surface area contributed by atoms with Gasteiger partial charge in [0.1, 0.15) is 11.8 Å². The SMILES string of the molecule is Cc1ccc(-n2ccc(C#N)c2C(=O)N2CC(C)OC(C)C2)c(C)c1. The van der Waals surface area contributed by atoms with E-state index in [1.54, 1.807) is 17.2 Å². The number of aryl methyl sites for hydroxylation is 2. The van der Waals surface area contributed by atoms with E-state index in [0.29, 0.717) is 24.3 Å². The average Bonchev–Trinajstić information content (AvgIpc) is 2.96. The molecule has 0 saturated carbocycles. The molecular formula is C20H23N3O2. The van der Waals surface area contributed by atoms with Gasteiger partial charge >= 0.3 is 0 Å². The molecule has 0 spiro atoms. The molecule has 2 unspecified atom stereocenters. The van der Waals surface area contributed by atoms with Crippen LogP contribution in [0.15, 0.2) is 30.5 Å². The molecule has 2 atom stereocenters. The molecule has 5 heteroatoms. The van der Waals surface area contributed by atoms with Crippen molar-refractivity contribution in [3.05, 3.63) is 52.8 Å². The van der Waals surface area contributed by atoms with Crippen molar-refractivity contribution in [2.45, 2.75) is 39.9 Å². The number of rotatable bonds is 2. The third-order valence-corrected chi connectivity index (χ3v) is 4.53. The summed E-state index contributed by atoms with van der Waals surface area (Å²) in [6.45, 7) is 9.05. The Bertz CT molecular complexity index is 837. The van der Waals surface area contributed by atoms with Gasteiger partial charge in [-0.25, -0.2) is 0 Å². The van der Waals surface area contributed by atoms with Crippen molar-refractivity contribution in [2.75, 3.05) is 13.1 Å². The molecule has 1 aromatic carbocycles. The topological polar surface area (TPSA) is 58.3 Å². The Morgan fingerprint density at radius 2 is 1.88 bits per heavy atom. The molecular weight excluding hydrogens is 314 g/mol. The molecule has 0 N–H and O–H groups in total. The van der Waals surface area contributed by atoms with Gasteiger partial charge in [0.2, 0.25) is 0 Å². The molecule has 2 aromatic rings. The average molecular weight is 337 g/mol. The minimum Gasteiger partial charge on any atom is -0.372 e. The van der Waals surface area contributed by atoms with Crippen molar-refractivity contribution in [2.24, 2.45) is 0 Å². The Kier molecular flexibility index (Phi) is 4.65. The van der Waals surface area contributed by atoms with Crippen LogP contribution in [0.4, 0.5) is 0 Å². The molecule has 0 bridgehead atoms.